The summed E-state index contributed by atoms with van der Waals surface area (Å²) in [5, 5.41) is 2.74. The number of ether oxygens (including phenoxy) is 1. The topological polar surface area (TPSA) is 55.4 Å². The molecule has 1 fully saturated rings. The number of carbonyl (C=O) groups excluding carboxylic acids is 2. The van der Waals surface area contributed by atoms with Gasteiger partial charge in [0.1, 0.15) is 5.54 Å². The van der Waals surface area contributed by atoms with Gasteiger partial charge in [-0.05, 0) is 19.8 Å². The van der Waals surface area contributed by atoms with Crippen LogP contribution in [0.25, 0.3) is 0 Å². The van der Waals surface area contributed by atoms with Crippen LogP contribution in [0.3, 0.4) is 0 Å². The maximum atomic E-state index is 11.4. The first kappa shape index (κ1) is 11.0. The van der Waals surface area contributed by atoms with Crippen molar-refractivity contribution in [2.24, 2.45) is 5.92 Å². The van der Waals surface area contributed by atoms with Gasteiger partial charge in [-0.3, -0.25) is 4.79 Å². The first-order valence-electron chi connectivity index (χ1n) is 5.01. The predicted octanol–water partition coefficient (Wildman–Crippen LogP) is 0.854. The lowest BCUT2D eigenvalue weighted by Gasteiger charge is -2.16. The summed E-state index contributed by atoms with van der Waals surface area (Å²) in [7, 11) is 0. The van der Waals surface area contributed by atoms with E-state index in [-0.39, 0.29) is 17.8 Å². The van der Waals surface area contributed by atoms with E-state index in [1.165, 1.54) is 0 Å². The zero-order chi connectivity index (χ0) is 10.8. The summed E-state index contributed by atoms with van der Waals surface area (Å²) in [6, 6.07) is 0. The summed E-state index contributed by atoms with van der Waals surface area (Å²) in [4.78, 5) is 22.8. The molecule has 1 saturated carbocycles. The average molecular weight is 199 g/mol. The lowest BCUT2D eigenvalue weighted by Crippen LogP contribution is -2.45. The molecule has 0 spiro atoms. The molecule has 0 unspecified atom stereocenters. The van der Waals surface area contributed by atoms with Crippen molar-refractivity contribution in [1.29, 1.82) is 0 Å². The Labute approximate surface area is 84.0 Å². The average Bonchev–Trinajstić information content (AvgIpc) is 2.86. The summed E-state index contributed by atoms with van der Waals surface area (Å²) >= 11 is 0. The maximum absolute atomic E-state index is 11.4. The normalized spacial score (nSPS) is 17.7. The van der Waals surface area contributed by atoms with E-state index in [1.807, 2.05) is 0 Å². The molecule has 1 aliphatic carbocycles. The molecule has 0 bridgehead atoms. The molecule has 0 atom stereocenters. The smallest absolute Gasteiger partial charge is 0.331 e. The van der Waals surface area contributed by atoms with Crippen molar-refractivity contribution >= 4 is 11.9 Å². The Morgan fingerprint density at radius 1 is 1.43 bits per heavy atom. The van der Waals surface area contributed by atoms with Crippen molar-refractivity contribution in [2.75, 3.05) is 6.61 Å². The highest BCUT2D eigenvalue weighted by atomic mass is 16.5. The summed E-state index contributed by atoms with van der Waals surface area (Å²) < 4.78 is 4.90. The van der Waals surface area contributed by atoms with Gasteiger partial charge in [-0.1, -0.05) is 13.8 Å². The molecule has 4 nitrogen and oxygen atoms in total. The molecule has 14 heavy (non-hydrogen) atoms. The highest BCUT2D eigenvalue weighted by Crippen LogP contribution is 2.36. The lowest BCUT2D eigenvalue weighted by atomic mass is 10.2. The van der Waals surface area contributed by atoms with E-state index in [0.717, 1.165) is 0 Å². The fraction of sp³-hybridized carbons (Fsp3) is 0.800. The maximum Gasteiger partial charge on any atom is 0.331 e. The molecular weight excluding hydrogens is 182 g/mol. The molecule has 0 heterocycles. The molecule has 1 N–H and O–H groups in total. The third-order valence-electron chi connectivity index (χ3n) is 2.30. The van der Waals surface area contributed by atoms with E-state index in [0.29, 0.717) is 19.4 Å². The van der Waals surface area contributed by atoms with Crippen molar-refractivity contribution in [1.82, 2.24) is 5.32 Å². The molecule has 0 aromatic rings. The fourth-order valence-electron chi connectivity index (χ4n) is 1.15. The van der Waals surface area contributed by atoms with Crippen LogP contribution in [0.4, 0.5) is 0 Å². The van der Waals surface area contributed by atoms with Gasteiger partial charge in [0.2, 0.25) is 5.91 Å². The molecule has 0 aromatic heterocycles. The van der Waals surface area contributed by atoms with Gasteiger partial charge in [-0.15, -0.1) is 0 Å². The van der Waals surface area contributed by atoms with E-state index >= 15 is 0 Å². The number of carbonyl (C=O) groups is 2. The van der Waals surface area contributed by atoms with Crippen LogP contribution in [-0.2, 0) is 14.3 Å². The minimum absolute atomic E-state index is 0.0875. The number of amides is 1. The third kappa shape index (κ3) is 2.25. The number of hydrogen-bond acceptors (Lipinski definition) is 3. The first-order valence-corrected chi connectivity index (χ1v) is 5.01. The van der Waals surface area contributed by atoms with Crippen molar-refractivity contribution in [2.45, 2.75) is 39.2 Å². The molecule has 80 valence electrons. The van der Waals surface area contributed by atoms with Crippen LogP contribution in [0.15, 0.2) is 0 Å². The van der Waals surface area contributed by atoms with Crippen LogP contribution in [0.1, 0.15) is 33.6 Å². The zero-order valence-corrected chi connectivity index (χ0v) is 8.92. The third-order valence-corrected chi connectivity index (χ3v) is 2.30. The Morgan fingerprint density at radius 2 is 2.00 bits per heavy atom. The Bertz CT molecular complexity index is 244. The summed E-state index contributed by atoms with van der Waals surface area (Å²) in [5.41, 5.74) is -0.697. The van der Waals surface area contributed by atoms with Gasteiger partial charge in [0.05, 0.1) is 6.61 Å². The molecule has 0 aliphatic heterocycles. The van der Waals surface area contributed by atoms with E-state index < -0.39 is 5.54 Å². The Balaban J connectivity index is 2.51. The second kappa shape index (κ2) is 3.98. The number of hydrogen-bond donors (Lipinski definition) is 1. The van der Waals surface area contributed by atoms with Crippen molar-refractivity contribution in [3.8, 4) is 0 Å². The van der Waals surface area contributed by atoms with E-state index in [1.54, 1.807) is 20.8 Å². The van der Waals surface area contributed by atoms with E-state index in [2.05, 4.69) is 5.32 Å². The van der Waals surface area contributed by atoms with E-state index in [4.69, 9.17) is 4.74 Å². The largest absolute Gasteiger partial charge is 0.464 e. The Morgan fingerprint density at radius 3 is 2.36 bits per heavy atom. The molecule has 0 saturated heterocycles. The van der Waals surface area contributed by atoms with Gasteiger partial charge in [0.15, 0.2) is 0 Å². The van der Waals surface area contributed by atoms with Crippen molar-refractivity contribution < 1.29 is 14.3 Å². The molecule has 1 amide bonds. The minimum Gasteiger partial charge on any atom is -0.464 e. The standard InChI is InChI=1S/C10H17NO3/c1-4-14-9(13)10(5-6-10)11-8(12)7(2)3/h7H,4-6H2,1-3H3,(H,11,12). The van der Waals surface area contributed by atoms with Crippen LogP contribution in [0.5, 0.6) is 0 Å². The lowest BCUT2D eigenvalue weighted by molar-refractivity contribution is -0.149. The molecule has 0 aromatic carbocycles. The van der Waals surface area contributed by atoms with Gasteiger partial charge in [0, 0.05) is 5.92 Å². The Hall–Kier alpha value is -1.06. The van der Waals surface area contributed by atoms with Gasteiger partial charge in [-0.2, -0.15) is 0 Å². The number of rotatable bonds is 4. The van der Waals surface area contributed by atoms with Crippen LogP contribution >= 0.6 is 0 Å². The molecule has 4 heteroatoms. The SMILES string of the molecule is CCOC(=O)C1(NC(=O)C(C)C)CC1. The van der Waals surface area contributed by atoms with Crippen LogP contribution in [-0.4, -0.2) is 24.0 Å². The molecule has 1 rings (SSSR count). The first-order chi connectivity index (χ1) is 6.52. The van der Waals surface area contributed by atoms with Gasteiger partial charge >= 0.3 is 5.97 Å². The van der Waals surface area contributed by atoms with Crippen LogP contribution < -0.4 is 5.32 Å². The summed E-state index contributed by atoms with van der Waals surface area (Å²) in [6.45, 7) is 5.73. The minimum atomic E-state index is -0.697. The van der Waals surface area contributed by atoms with E-state index in [9.17, 15) is 9.59 Å². The van der Waals surface area contributed by atoms with Crippen molar-refractivity contribution in [3.05, 3.63) is 0 Å². The van der Waals surface area contributed by atoms with Gasteiger partial charge in [-0.25, -0.2) is 4.79 Å². The second-order valence-electron chi connectivity index (χ2n) is 3.95. The highest BCUT2D eigenvalue weighted by Gasteiger charge is 2.52. The fourth-order valence-corrected chi connectivity index (χ4v) is 1.15. The monoisotopic (exact) mass is 199 g/mol. The molecular formula is C10H17NO3. The Kier molecular flexibility index (Phi) is 3.13. The predicted molar refractivity (Wildman–Crippen MR) is 51.6 cm³/mol. The quantitative estimate of drug-likeness (QED) is 0.683. The second-order valence-corrected chi connectivity index (χ2v) is 3.95. The summed E-state index contributed by atoms with van der Waals surface area (Å²) in [6.07, 6.45) is 1.40. The van der Waals surface area contributed by atoms with Gasteiger partial charge < -0.3 is 10.1 Å². The van der Waals surface area contributed by atoms with Crippen LogP contribution in [0.2, 0.25) is 0 Å². The number of esters is 1. The molecule has 1 aliphatic rings. The van der Waals surface area contributed by atoms with Crippen LogP contribution in [0, 0.1) is 5.92 Å². The van der Waals surface area contributed by atoms with Gasteiger partial charge in [0.25, 0.3) is 0 Å². The highest BCUT2D eigenvalue weighted by molar-refractivity contribution is 5.91. The number of nitrogens with one attached hydrogen (secondary N) is 1. The zero-order valence-electron chi connectivity index (χ0n) is 8.92. The van der Waals surface area contributed by atoms with Crippen molar-refractivity contribution in [3.63, 3.8) is 0 Å². The molecule has 0 radical (unpaired) electrons. The summed E-state index contributed by atoms with van der Waals surface area (Å²) in [5.74, 6) is -0.480.